The van der Waals surface area contributed by atoms with Crippen LogP contribution in [0.1, 0.15) is 52.9 Å². The molecule has 24 heavy (non-hydrogen) atoms. The van der Waals surface area contributed by atoms with Crippen LogP contribution in [-0.4, -0.2) is 22.3 Å². The minimum absolute atomic E-state index is 0.208. The zero-order valence-electron chi connectivity index (χ0n) is 14.7. The number of anilines is 1. The SMILES string of the molecule is Cc1cccc(C)c1NC(=O)c1cccc(C(=O)NC(C)(C)C)n1. The van der Waals surface area contributed by atoms with Gasteiger partial charge in [0.15, 0.2) is 0 Å². The summed E-state index contributed by atoms with van der Waals surface area (Å²) < 4.78 is 0. The average molecular weight is 325 g/mol. The van der Waals surface area contributed by atoms with Crippen LogP contribution in [0, 0.1) is 13.8 Å². The maximum absolute atomic E-state index is 12.5. The summed E-state index contributed by atoms with van der Waals surface area (Å²) in [5.74, 6) is -0.637. The summed E-state index contributed by atoms with van der Waals surface area (Å²) in [4.78, 5) is 28.9. The number of benzene rings is 1. The van der Waals surface area contributed by atoms with Gasteiger partial charge in [0.05, 0.1) is 0 Å². The topological polar surface area (TPSA) is 71.1 Å². The van der Waals surface area contributed by atoms with E-state index in [1.54, 1.807) is 18.2 Å². The van der Waals surface area contributed by atoms with E-state index in [1.807, 2.05) is 52.8 Å². The van der Waals surface area contributed by atoms with Crippen molar-refractivity contribution in [3.8, 4) is 0 Å². The fraction of sp³-hybridized carbons (Fsp3) is 0.316. The molecule has 126 valence electrons. The summed E-state index contributed by atoms with van der Waals surface area (Å²) in [7, 11) is 0. The third-order valence-electron chi connectivity index (χ3n) is 3.42. The summed E-state index contributed by atoms with van der Waals surface area (Å²) in [6.07, 6.45) is 0. The van der Waals surface area contributed by atoms with Crippen molar-refractivity contribution in [3.05, 3.63) is 58.9 Å². The van der Waals surface area contributed by atoms with Crippen molar-refractivity contribution in [2.45, 2.75) is 40.2 Å². The van der Waals surface area contributed by atoms with Gasteiger partial charge in [0.1, 0.15) is 11.4 Å². The van der Waals surface area contributed by atoms with E-state index >= 15 is 0 Å². The van der Waals surface area contributed by atoms with Crippen LogP contribution in [0.4, 0.5) is 5.69 Å². The monoisotopic (exact) mass is 325 g/mol. The predicted molar refractivity (Wildman–Crippen MR) is 95.3 cm³/mol. The predicted octanol–water partition coefficient (Wildman–Crippen LogP) is 3.48. The van der Waals surface area contributed by atoms with E-state index in [0.717, 1.165) is 16.8 Å². The van der Waals surface area contributed by atoms with Gasteiger partial charge >= 0.3 is 0 Å². The van der Waals surface area contributed by atoms with Gasteiger partial charge in [-0.3, -0.25) is 9.59 Å². The molecule has 2 rings (SSSR count). The molecule has 2 aromatic rings. The smallest absolute Gasteiger partial charge is 0.274 e. The highest BCUT2D eigenvalue weighted by Crippen LogP contribution is 2.20. The Morgan fingerprint density at radius 2 is 1.38 bits per heavy atom. The van der Waals surface area contributed by atoms with Crippen LogP contribution in [0.15, 0.2) is 36.4 Å². The molecule has 0 fully saturated rings. The summed E-state index contributed by atoms with van der Waals surface area (Å²) >= 11 is 0. The first-order valence-electron chi connectivity index (χ1n) is 7.84. The van der Waals surface area contributed by atoms with Gasteiger partial charge in [0, 0.05) is 11.2 Å². The Bertz CT molecular complexity index is 756. The Balaban J connectivity index is 2.22. The fourth-order valence-corrected chi connectivity index (χ4v) is 2.28. The Hall–Kier alpha value is -2.69. The largest absolute Gasteiger partial charge is 0.346 e. The number of rotatable bonds is 3. The van der Waals surface area contributed by atoms with Gasteiger partial charge in [-0.25, -0.2) is 4.98 Å². The first-order chi connectivity index (χ1) is 11.2. The third-order valence-corrected chi connectivity index (χ3v) is 3.42. The maximum atomic E-state index is 12.5. The second kappa shape index (κ2) is 6.83. The number of amides is 2. The van der Waals surface area contributed by atoms with Crippen LogP contribution in [0.25, 0.3) is 0 Å². The Kier molecular flexibility index (Phi) is 5.02. The van der Waals surface area contributed by atoms with E-state index in [4.69, 9.17) is 0 Å². The number of nitrogens with one attached hydrogen (secondary N) is 2. The van der Waals surface area contributed by atoms with Gasteiger partial charge in [0.2, 0.25) is 0 Å². The van der Waals surface area contributed by atoms with E-state index in [1.165, 1.54) is 0 Å². The molecule has 5 heteroatoms. The van der Waals surface area contributed by atoms with Gasteiger partial charge in [-0.1, -0.05) is 24.3 Å². The number of pyridine rings is 1. The number of nitrogens with zero attached hydrogens (tertiary/aromatic N) is 1. The van der Waals surface area contributed by atoms with E-state index in [9.17, 15) is 9.59 Å². The molecule has 5 nitrogen and oxygen atoms in total. The van der Waals surface area contributed by atoms with Gasteiger partial charge in [-0.15, -0.1) is 0 Å². The van der Waals surface area contributed by atoms with Crippen LogP contribution < -0.4 is 10.6 Å². The van der Waals surface area contributed by atoms with E-state index < -0.39 is 0 Å². The lowest BCUT2D eigenvalue weighted by molar-refractivity contribution is 0.0914. The first kappa shape index (κ1) is 17.7. The molecule has 1 heterocycles. The molecule has 2 N–H and O–H groups in total. The van der Waals surface area contributed by atoms with Crippen LogP contribution in [-0.2, 0) is 0 Å². The summed E-state index contributed by atoms with van der Waals surface area (Å²) in [6.45, 7) is 9.54. The lowest BCUT2D eigenvalue weighted by Crippen LogP contribution is -2.41. The number of hydrogen-bond acceptors (Lipinski definition) is 3. The van der Waals surface area contributed by atoms with E-state index in [-0.39, 0.29) is 28.7 Å². The molecule has 1 aromatic carbocycles. The van der Waals surface area contributed by atoms with Crippen molar-refractivity contribution in [1.29, 1.82) is 0 Å². The van der Waals surface area contributed by atoms with Gasteiger partial charge in [-0.2, -0.15) is 0 Å². The Morgan fingerprint density at radius 1 is 0.875 bits per heavy atom. The highest BCUT2D eigenvalue weighted by molar-refractivity contribution is 6.04. The lowest BCUT2D eigenvalue weighted by atomic mass is 10.1. The van der Waals surface area contributed by atoms with Gasteiger partial charge < -0.3 is 10.6 Å². The van der Waals surface area contributed by atoms with Crippen molar-refractivity contribution >= 4 is 17.5 Å². The normalized spacial score (nSPS) is 11.0. The fourth-order valence-electron chi connectivity index (χ4n) is 2.28. The van der Waals surface area contributed by atoms with Gasteiger partial charge in [0.25, 0.3) is 11.8 Å². The second-order valence-corrected chi connectivity index (χ2v) is 6.83. The van der Waals surface area contributed by atoms with Crippen molar-refractivity contribution in [1.82, 2.24) is 10.3 Å². The van der Waals surface area contributed by atoms with Gasteiger partial charge in [-0.05, 0) is 57.9 Å². The molecule has 0 aliphatic heterocycles. The number of carbonyl (C=O) groups is 2. The highest BCUT2D eigenvalue weighted by Gasteiger charge is 2.18. The highest BCUT2D eigenvalue weighted by atomic mass is 16.2. The molecule has 0 saturated heterocycles. The number of aromatic nitrogens is 1. The quantitative estimate of drug-likeness (QED) is 0.907. The zero-order chi connectivity index (χ0) is 17.9. The molecule has 0 saturated carbocycles. The van der Waals surface area contributed by atoms with Crippen molar-refractivity contribution in [2.75, 3.05) is 5.32 Å². The number of hydrogen-bond donors (Lipinski definition) is 2. The van der Waals surface area contributed by atoms with Crippen molar-refractivity contribution < 1.29 is 9.59 Å². The summed E-state index contributed by atoms with van der Waals surface area (Å²) in [5, 5.41) is 5.71. The Morgan fingerprint density at radius 3 is 1.92 bits per heavy atom. The van der Waals surface area contributed by atoms with Crippen LogP contribution >= 0.6 is 0 Å². The molecule has 0 bridgehead atoms. The lowest BCUT2D eigenvalue weighted by Gasteiger charge is -2.20. The summed E-state index contributed by atoms with van der Waals surface area (Å²) in [5.41, 5.74) is 2.79. The third kappa shape index (κ3) is 4.41. The molecular formula is C19H23N3O2. The zero-order valence-corrected chi connectivity index (χ0v) is 14.7. The molecule has 0 radical (unpaired) electrons. The molecule has 0 aliphatic rings. The van der Waals surface area contributed by atoms with Crippen LogP contribution in [0.5, 0.6) is 0 Å². The standard InChI is InChI=1S/C19H23N3O2/c1-12-8-6-9-13(2)16(12)21-17(23)14-10-7-11-15(20-14)18(24)22-19(3,4)5/h6-11H,1-5H3,(H,21,23)(H,22,24). The average Bonchev–Trinajstić information content (AvgIpc) is 2.49. The molecular weight excluding hydrogens is 302 g/mol. The minimum Gasteiger partial charge on any atom is -0.346 e. The molecule has 0 aliphatic carbocycles. The molecule has 0 unspecified atom stereocenters. The minimum atomic E-state index is -0.366. The van der Waals surface area contributed by atoms with Crippen molar-refractivity contribution in [3.63, 3.8) is 0 Å². The second-order valence-electron chi connectivity index (χ2n) is 6.83. The summed E-state index contributed by atoms with van der Waals surface area (Å²) in [6, 6.07) is 10.7. The molecule has 0 spiro atoms. The van der Waals surface area contributed by atoms with Crippen LogP contribution in [0.3, 0.4) is 0 Å². The first-order valence-corrected chi connectivity index (χ1v) is 7.84. The maximum Gasteiger partial charge on any atom is 0.274 e. The van der Waals surface area contributed by atoms with E-state index in [2.05, 4.69) is 15.6 Å². The van der Waals surface area contributed by atoms with Crippen LogP contribution in [0.2, 0.25) is 0 Å². The number of carbonyl (C=O) groups excluding carboxylic acids is 2. The number of aryl methyl sites for hydroxylation is 2. The van der Waals surface area contributed by atoms with E-state index in [0.29, 0.717) is 0 Å². The molecule has 1 aromatic heterocycles. The molecule has 2 amide bonds. The van der Waals surface area contributed by atoms with Crippen molar-refractivity contribution in [2.24, 2.45) is 0 Å². The Labute approximate surface area is 142 Å². The molecule has 0 atom stereocenters. The number of para-hydroxylation sites is 1.